The predicted octanol–water partition coefficient (Wildman–Crippen LogP) is 3.37. The van der Waals surface area contributed by atoms with E-state index in [1.807, 2.05) is 6.92 Å². The van der Waals surface area contributed by atoms with Gasteiger partial charge in [0.15, 0.2) is 6.10 Å². The predicted molar refractivity (Wildman–Crippen MR) is 105 cm³/mol. The third kappa shape index (κ3) is 8.08. The van der Waals surface area contributed by atoms with E-state index in [1.54, 1.807) is 0 Å². The van der Waals surface area contributed by atoms with Crippen LogP contribution < -0.4 is 0 Å². The summed E-state index contributed by atoms with van der Waals surface area (Å²) in [4.78, 5) is 36.5. The van der Waals surface area contributed by atoms with Crippen LogP contribution in [0.5, 0.6) is 0 Å². The van der Waals surface area contributed by atoms with Gasteiger partial charge in [0.25, 0.3) is 5.79 Å². The molecule has 0 aliphatic heterocycles. The zero-order valence-corrected chi connectivity index (χ0v) is 17.5. The number of aliphatic hydroxyl groups is 1. The molecule has 0 aromatic carbocycles. The maximum atomic E-state index is 12.2. The first-order valence-electron chi connectivity index (χ1n) is 9.18. The SMILES string of the molecule is C=C(C)C(=O)OC(C)C(CCC(O)CCC)(OC(=O)C(=C)C)OC(=O)C(=C)C. The molecule has 0 aliphatic rings. The van der Waals surface area contributed by atoms with E-state index in [4.69, 9.17) is 14.2 Å². The van der Waals surface area contributed by atoms with Crippen LogP contribution in [-0.4, -0.2) is 41.0 Å². The second-order valence-corrected chi connectivity index (χ2v) is 6.96. The van der Waals surface area contributed by atoms with Gasteiger partial charge in [0, 0.05) is 23.1 Å². The van der Waals surface area contributed by atoms with Crippen molar-refractivity contribution in [2.75, 3.05) is 0 Å². The van der Waals surface area contributed by atoms with Crippen LogP contribution in [0.2, 0.25) is 0 Å². The Morgan fingerprint density at radius 2 is 1.32 bits per heavy atom. The fourth-order valence-electron chi connectivity index (χ4n) is 2.18. The Labute approximate surface area is 167 Å². The molecule has 0 aromatic heterocycles. The zero-order valence-electron chi connectivity index (χ0n) is 17.5. The minimum atomic E-state index is -1.95. The van der Waals surface area contributed by atoms with Gasteiger partial charge in [0.05, 0.1) is 6.10 Å². The van der Waals surface area contributed by atoms with Crippen molar-refractivity contribution in [2.24, 2.45) is 0 Å². The quantitative estimate of drug-likeness (QED) is 0.307. The summed E-state index contributed by atoms with van der Waals surface area (Å²) < 4.78 is 16.2. The lowest BCUT2D eigenvalue weighted by Crippen LogP contribution is -2.51. The first-order chi connectivity index (χ1) is 12.9. The van der Waals surface area contributed by atoms with Crippen molar-refractivity contribution in [1.82, 2.24) is 0 Å². The van der Waals surface area contributed by atoms with Gasteiger partial charge >= 0.3 is 17.9 Å². The molecular weight excluding hydrogens is 364 g/mol. The minimum absolute atomic E-state index is 0.0725. The molecule has 0 aliphatic carbocycles. The second-order valence-electron chi connectivity index (χ2n) is 6.96. The molecular formula is C21H32O7. The van der Waals surface area contributed by atoms with Crippen LogP contribution in [0.25, 0.3) is 0 Å². The highest BCUT2D eigenvalue weighted by Crippen LogP contribution is 2.31. The van der Waals surface area contributed by atoms with E-state index in [-0.39, 0.29) is 29.6 Å². The molecule has 0 radical (unpaired) electrons. The van der Waals surface area contributed by atoms with E-state index in [0.29, 0.717) is 6.42 Å². The van der Waals surface area contributed by atoms with Gasteiger partial charge in [0.2, 0.25) is 0 Å². The average Bonchev–Trinajstić information content (AvgIpc) is 2.59. The van der Waals surface area contributed by atoms with Crippen molar-refractivity contribution < 1.29 is 33.7 Å². The number of carbonyl (C=O) groups excluding carboxylic acids is 3. The highest BCUT2D eigenvalue weighted by Gasteiger charge is 2.47. The number of rotatable bonds is 12. The number of carbonyl (C=O) groups is 3. The first-order valence-corrected chi connectivity index (χ1v) is 9.18. The number of aliphatic hydroxyl groups excluding tert-OH is 1. The number of esters is 3. The molecule has 0 bridgehead atoms. The van der Waals surface area contributed by atoms with E-state index >= 15 is 0 Å². The topological polar surface area (TPSA) is 99.1 Å². The molecule has 0 rings (SSSR count). The van der Waals surface area contributed by atoms with Gasteiger partial charge in [-0.3, -0.25) is 0 Å². The van der Waals surface area contributed by atoms with Gasteiger partial charge in [-0.25, -0.2) is 14.4 Å². The summed E-state index contributed by atoms with van der Waals surface area (Å²) in [5.41, 5.74) is 0.274. The van der Waals surface area contributed by atoms with Crippen LogP contribution in [0, 0.1) is 0 Å². The summed E-state index contributed by atoms with van der Waals surface area (Å²) in [7, 11) is 0. The van der Waals surface area contributed by atoms with Crippen molar-refractivity contribution in [1.29, 1.82) is 0 Å². The molecule has 7 heteroatoms. The van der Waals surface area contributed by atoms with Gasteiger partial charge < -0.3 is 19.3 Å². The molecule has 1 N–H and O–H groups in total. The van der Waals surface area contributed by atoms with Crippen LogP contribution in [0.4, 0.5) is 0 Å². The van der Waals surface area contributed by atoms with Crippen molar-refractivity contribution >= 4 is 17.9 Å². The summed E-state index contributed by atoms with van der Waals surface area (Å²) in [5, 5.41) is 10.1. The summed E-state index contributed by atoms with van der Waals surface area (Å²) in [6.07, 6.45) is -0.561. The van der Waals surface area contributed by atoms with Crippen LogP contribution in [-0.2, 0) is 28.6 Å². The highest BCUT2D eigenvalue weighted by atomic mass is 16.8. The van der Waals surface area contributed by atoms with Crippen LogP contribution in [0.3, 0.4) is 0 Å². The fourth-order valence-corrected chi connectivity index (χ4v) is 2.18. The Kier molecular flexibility index (Phi) is 10.5. The van der Waals surface area contributed by atoms with Crippen molar-refractivity contribution in [3.8, 4) is 0 Å². The molecule has 0 fully saturated rings. The van der Waals surface area contributed by atoms with E-state index in [2.05, 4.69) is 19.7 Å². The maximum Gasteiger partial charge on any atom is 0.336 e. The molecule has 2 unspecified atom stereocenters. The normalized spacial score (nSPS) is 13.1. The molecule has 158 valence electrons. The first kappa shape index (κ1) is 25.6. The molecule has 0 amide bonds. The van der Waals surface area contributed by atoms with Crippen LogP contribution in [0.1, 0.15) is 60.3 Å². The molecule has 0 saturated carbocycles. The number of hydrogen-bond donors (Lipinski definition) is 1. The lowest BCUT2D eigenvalue weighted by atomic mass is 9.99. The van der Waals surface area contributed by atoms with Gasteiger partial charge in [-0.05, 0) is 40.5 Å². The third-order valence-electron chi connectivity index (χ3n) is 3.93. The Morgan fingerprint density at radius 1 is 0.893 bits per heavy atom. The second kappa shape index (κ2) is 11.4. The van der Waals surface area contributed by atoms with Gasteiger partial charge in [-0.15, -0.1) is 0 Å². The molecule has 0 saturated heterocycles. The molecule has 28 heavy (non-hydrogen) atoms. The summed E-state index contributed by atoms with van der Waals surface area (Å²) in [6.45, 7) is 18.2. The molecule has 0 spiro atoms. The van der Waals surface area contributed by atoms with Gasteiger partial charge in [0.1, 0.15) is 0 Å². The average molecular weight is 396 g/mol. The van der Waals surface area contributed by atoms with E-state index in [1.165, 1.54) is 27.7 Å². The standard InChI is InChI=1S/C21H32O7/c1-9-10-17(22)11-12-21(27-19(24)14(4)5,28-20(25)15(6)7)16(8)26-18(23)13(2)3/h16-17,22H,2,4,6,9-12H2,1,3,5,7-8H3. The summed E-state index contributed by atoms with van der Waals surface area (Å²) in [6, 6.07) is 0. The highest BCUT2D eigenvalue weighted by molar-refractivity contribution is 5.89. The van der Waals surface area contributed by atoms with Crippen LogP contribution >= 0.6 is 0 Å². The lowest BCUT2D eigenvalue weighted by Gasteiger charge is -2.37. The Balaban J connectivity index is 5.98. The monoisotopic (exact) mass is 396 g/mol. The third-order valence-corrected chi connectivity index (χ3v) is 3.93. The summed E-state index contributed by atoms with van der Waals surface area (Å²) in [5.74, 6) is -4.33. The van der Waals surface area contributed by atoms with Crippen molar-refractivity contribution in [3.63, 3.8) is 0 Å². The molecule has 0 heterocycles. The smallest absolute Gasteiger partial charge is 0.336 e. The van der Waals surface area contributed by atoms with Crippen molar-refractivity contribution in [3.05, 3.63) is 36.5 Å². The zero-order chi connectivity index (χ0) is 22.1. The van der Waals surface area contributed by atoms with Crippen LogP contribution in [0.15, 0.2) is 36.5 Å². The van der Waals surface area contributed by atoms with Gasteiger partial charge in [-0.1, -0.05) is 33.1 Å². The fraction of sp³-hybridized carbons (Fsp3) is 0.571. The molecule has 0 aromatic rings. The summed E-state index contributed by atoms with van der Waals surface area (Å²) >= 11 is 0. The maximum absolute atomic E-state index is 12.2. The minimum Gasteiger partial charge on any atom is -0.451 e. The number of hydrogen-bond acceptors (Lipinski definition) is 7. The number of ether oxygens (including phenoxy) is 3. The molecule has 7 nitrogen and oxygen atoms in total. The van der Waals surface area contributed by atoms with Gasteiger partial charge in [-0.2, -0.15) is 0 Å². The van der Waals surface area contributed by atoms with Crippen molar-refractivity contribution in [2.45, 2.75) is 78.3 Å². The van der Waals surface area contributed by atoms with E-state index in [0.717, 1.165) is 6.42 Å². The van der Waals surface area contributed by atoms with E-state index in [9.17, 15) is 19.5 Å². The lowest BCUT2D eigenvalue weighted by molar-refractivity contribution is -0.262. The molecule has 2 atom stereocenters. The Morgan fingerprint density at radius 3 is 1.68 bits per heavy atom. The van der Waals surface area contributed by atoms with E-state index < -0.39 is 35.9 Å². The largest absolute Gasteiger partial charge is 0.451 e. The Bertz CT molecular complexity index is 605. The Hall–Kier alpha value is -2.41.